The van der Waals surface area contributed by atoms with Crippen LogP contribution in [0.1, 0.15) is 72.0 Å². The third kappa shape index (κ3) is 3.47. The molecule has 0 spiro atoms. The van der Waals surface area contributed by atoms with Gasteiger partial charge in [-0.05, 0) is 50.3 Å². The highest BCUT2D eigenvalue weighted by Crippen LogP contribution is 2.24. The number of nitrogens with zero attached hydrogens (tertiary/aromatic N) is 2. The molecule has 136 valence electrons. The Morgan fingerprint density at radius 3 is 2.46 bits per heavy atom. The van der Waals surface area contributed by atoms with E-state index in [2.05, 4.69) is 53.6 Å². The summed E-state index contributed by atoms with van der Waals surface area (Å²) in [6.07, 6.45) is 1.11. The predicted octanol–water partition coefficient (Wildman–Crippen LogP) is 4.84. The van der Waals surface area contributed by atoms with Crippen molar-refractivity contribution in [1.29, 1.82) is 0 Å². The van der Waals surface area contributed by atoms with Gasteiger partial charge in [0.2, 0.25) is 0 Å². The molecule has 0 aliphatic heterocycles. The monoisotopic (exact) mass is 351 g/mol. The van der Waals surface area contributed by atoms with Crippen molar-refractivity contribution < 1.29 is 9.32 Å². The number of nitrogens with one attached hydrogen (secondary N) is 1. The van der Waals surface area contributed by atoms with Gasteiger partial charge in [0, 0.05) is 5.69 Å². The molecule has 1 amide bonds. The van der Waals surface area contributed by atoms with Gasteiger partial charge in [0.1, 0.15) is 0 Å². The van der Waals surface area contributed by atoms with Crippen molar-refractivity contribution in [1.82, 2.24) is 15.5 Å². The van der Waals surface area contributed by atoms with E-state index in [9.17, 15) is 4.79 Å². The maximum atomic E-state index is 12.9. The van der Waals surface area contributed by atoms with Gasteiger partial charge in [-0.3, -0.25) is 4.79 Å². The molecule has 0 aliphatic carbocycles. The third-order valence-electron chi connectivity index (χ3n) is 4.96. The van der Waals surface area contributed by atoms with Crippen LogP contribution in [0, 0.1) is 13.8 Å². The lowest BCUT2D eigenvalue weighted by atomic mass is 9.96. The quantitative estimate of drug-likeness (QED) is 0.714. The first-order valence-corrected chi connectivity index (χ1v) is 9.05. The molecule has 0 aliphatic rings. The number of aromatic nitrogens is 2. The molecule has 26 heavy (non-hydrogen) atoms. The van der Waals surface area contributed by atoms with Gasteiger partial charge in [0.05, 0.1) is 22.7 Å². The molecular formula is C21H25N3O2. The van der Waals surface area contributed by atoms with E-state index in [0.29, 0.717) is 28.3 Å². The van der Waals surface area contributed by atoms with Gasteiger partial charge >= 0.3 is 0 Å². The first kappa shape index (κ1) is 18.1. The number of amides is 1. The van der Waals surface area contributed by atoms with E-state index < -0.39 is 0 Å². The molecule has 0 saturated heterocycles. The number of pyridine rings is 1. The summed E-state index contributed by atoms with van der Waals surface area (Å²) >= 11 is 0. The molecule has 0 radical (unpaired) electrons. The van der Waals surface area contributed by atoms with Crippen molar-refractivity contribution >= 4 is 17.0 Å². The molecule has 0 fully saturated rings. The molecule has 1 N–H and O–H groups in total. The fraction of sp³-hybridized carbons (Fsp3) is 0.381. The van der Waals surface area contributed by atoms with Gasteiger partial charge in [-0.1, -0.05) is 43.3 Å². The summed E-state index contributed by atoms with van der Waals surface area (Å²) in [7, 11) is 0. The van der Waals surface area contributed by atoms with Gasteiger partial charge in [0.25, 0.3) is 11.6 Å². The topological polar surface area (TPSA) is 68.0 Å². The van der Waals surface area contributed by atoms with Gasteiger partial charge in [0.15, 0.2) is 0 Å². The van der Waals surface area contributed by atoms with Crippen molar-refractivity contribution in [3.63, 3.8) is 0 Å². The Morgan fingerprint density at radius 2 is 1.81 bits per heavy atom. The summed E-state index contributed by atoms with van der Waals surface area (Å²) in [6.45, 7) is 10.0. The summed E-state index contributed by atoms with van der Waals surface area (Å²) in [6, 6.07) is 10.1. The molecule has 5 nitrogen and oxygen atoms in total. The van der Waals surface area contributed by atoms with Crippen molar-refractivity contribution in [2.45, 2.75) is 53.0 Å². The van der Waals surface area contributed by atoms with Crippen LogP contribution in [-0.4, -0.2) is 16.0 Å². The van der Waals surface area contributed by atoms with Crippen LogP contribution in [0.15, 0.2) is 34.9 Å². The summed E-state index contributed by atoms with van der Waals surface area (Å²) < 4.78 is 5.22. The zero-order valence-corrected chi connectivity index (χ0v) is 16.0. The average molecular weight is 351 g/mol. The minimum Gasteiger partial charge on any atom is -0.345 e. The SMILES string of the molecule is CC[C@H](C)c1ccc([C@@H](C)NC(=O)c2cc(C)nc3onc(C)c23)cc1. The normalized spacial score (nSPS) is 13.6. The molecule has 2 aromatic heterocycles. The number of hydrogen-bond acceptors (Lipinski definition) is 4. The largest absolute Gasteiger partial charge is 0.345 e. The van der Waals surface area contributed by atoms with Crippen molar-refractivity contribution in [2.75, 3.05) is 0 Å². The predicted molar refractivity (Wildman–Crippen MR) is 102 cm³/mol. The number of rotatable bonds is 5. The lowest BCUT2D eigenvalue weighted by Crippen LogP contribution is -2.27. The summed E-state index contributed by atoms with van der Waals surface area (Å²) in [5.74, 6) is 0.392. The van der Waals surface area contributed by atoms with Crippen LogP contribution < -0.4 is 5.32 Å². The molecule has 1 aromatic carbocycles. The van der Waals surface area contributed by atoms with Crippen LogP contribution in [0.3, 0.4) is 0 Å². The first-order chi connectivity index (χ1) is 12.4. The zero-order valence-electron chi connectivity index (χ0n) is 16.0. The van der Waals surface area contributed by atoms with E-state index in [1.54, 1.807) is 6.07 Å². The van der Waals surface area contributed by atoms with Gasteiger partial charge < -0.3 is 9.84 Å². The van der Waals surface area contributed by atoms with Crippen molar-refractivity contribution in [3.05, 3.63) is 58.4 Å². The number of aryl methyl sites for hydroxylation is 2. The second-order valence-electron chi connectivity index (χ2n) is 6.93. The molecule has 3 rings (SSSR count). The molecule has 2 atom stereocenters. The molecule has 0 bridgehead atoms. The van der Waals surface area contributed by atoms with Crippen LogP contribution in [0.5, 0.6) is 0 Å². The van der Waals surface area contributed by atoms with Gasteiger partial charge in [-0.2, -0.15) is 0 Å². The second-order valence-corrected chi connectivity index (χ2v) is 6.93. The van der Waals surface area contributed by atoms with E-state index in [0.717, 1.165) is 17.7 Å². The standard InChI is InChI=1S/C21H25N3O2/c1-6-12(2)16-7-9-17(10-8-16)14(4)23-20(25)18-11-13(3)22-21-19(18)15(5)24-26-21/h7-12,14H,6H2,1-5H3,(H,23,25)/t12-,14+/m0/s1. The van der Waals surface area contributed by atoms with Crippen LogP contribution in [0.25, 0.3) is 11.1 Å². The maximum absolute atomic E-state index is 12.9. The summed E-state index contributed by atoms with van der Waals surface area (Å²) in [5.41, 5.74) is 4.75. The molecular weight excluding hydrogens is 326 g/mol. The Labute approximate surface area is 153 Å². The number of carbonyl (C=O) groups is 1. The van der Waals surface area contributed by atoms with E-state index in [1.165, 1.54) is 5.56 Å². The fourth-order valence-corrected chi connectivity index (χ4v) is 3.10. The lowest BCUT2D eigenvalue weighted by Gasteiger charge is -2.16. The van der Waals surface area contributed by atoms with E-state index in [4.69, 9.17) is 4.52 Å². The number of hydrogen-bond donors (Lipinski definition) is 1. The maximum Gasteiger partial charge on any atom is 0.258 e. The zero-order chi connectivity index (χ0) is 18.8. The van der Waals surface area contributed by atoms with Crippen molar-refractivity contribution in [3.8, 4) is 0 Å². The van der Waals surface area contributed by atoms with Crippen LogP contribution >= 0.6 is 0 Å². The Hall–Kier alpha value is -2.69. The van der Waals surface area contributed by atoms with E-state index in [1.807, 2.05) is 20.8 Å². The minimum absolute atomic E-state index is 0.0998. The van der Waals surface area contributed by atoms with Crippen molar-refractivity contribution in [2.24, 2.45) is 0 Å². The summed E-state index contributed by atoms with van der Waals surface area (Å²) in [4.78, 5) is 17.2. The highest BCUT2D eigenvalue weighted by atomic mass is 16.5. The van der Waals surface area contributed by atoms with Crippen LogP contribution in [0.2, 0.25) is 0 Å². The Morgan fingerprint density at radius 1 is 1.15 bits per heavy atom. The number of fused-ring (bicyclic) bond motifs is 1. The van der Waals surface area contributed by atoms with Gasteiger partial charge in [-0.25, -0.2) is 4.98 Å². The van der Waals surface area contributed by atoms with Crippen LogP contribution in [-0.2, 0) is 0 Å². The van der Waals surface area contributed by atoms with E-state index >= 15 is 0 Å². The molecule has 3 aromatic rings. The Bertz CT molecular complexity index is 928. The molecule has 5 heteroatoms. The first-order valence-electron chi connectivity index (χ1n) is 9.05. The molecule has 2 heterocycles. The third-order valence-corrected chi connectivity index (χ3v) is 4.96. The highest BCUT2D eigenvalue weighted by Gasteiger charge is 2.19. The average Bonchev–Trinajstić information content (AvgIpc) is 3.01. The molecule has 0 saturated carbocycles. The fourth-order valence-electron chi connectivity index (χ4n) is 3.10. The van der Waals surface area contributed by atoms with Gasteiger partial charge in [-0.15, -0.1) is 0 Å². The molecule has 0 unspecified atom stereocenters. The number of benzene rings is 1. The Kier molecular flexibility index (Phi) is 5.07. The highest BCUT2D eigenvalue weighted by molar-refractivity contribution is 6.06. The smallest absolute Gasteiger partial charge is 0.258 e. The van der Waals surface area contributed by atoms with E-state index in [-0.39, 0.29) is 11.9 Å². The van der Waals surface area contributed by atoms with Crippen LogP contribution in [0.4, 0.5) is 0 Å². The second kappa shape index (κ2) is 7.28. The lowest BCUT2D eigenvalue weighted by molar-refractivity contribution is 0.0941. The minimum atomic E-state index is -0.148. The summed E-state index contributed by atoms with van der Waals surface area (Å²) in [5, 5.41) is 7.68. The number of carbonyl (C=O) groups excluding carboxylic acids is 1. The Balaban J connectivity index is 1.83.